The minimum absolute atomic E-state index is 0.00963. The third-order valence-electron chi connectivity index (χ3n) is 2.03. The van der Waals surface area contributed by atoms with E-state index in [1.807, 2.05) is 0 Å². The predicted octanol–water partition coefficient (Wildman–Crippen LogP) is 3.27. The molecule has 0 unspecified atom stereocenters. The van der Waals surface area contributed by atoms with Crippen molar-refractivity contribution >= 4 is 12.6 Å². The normalized spacial score (nSPS) is 11.6. The molecule has 7 heteroatoms. The van der Waals surface area contributed by atoms with Gasteiger partial charge in [-0.3, -0.25) is 9.59 Å². The van der Waals surface area contributed by atoms with Crippen LogP contribution in [0.5, 0.6) is 0 Å². The zero-order chi connectivity index (χ0) is 13.2. The molecule has 0 atom stereocenters. The summed E-state index contributed by atoms with van der Waals surface area (Å²) < 4.78 is 62.3. The molecule has 2 nitrogen and oxygen atoms in total. The van der Waals surface area contributed by atoms with E-state index in [4.69, 9.17) is 0 Å². The lowest BCUT2D eigenvalue weighted by atomic mass is 9.98. The molecule has 92 valence electrons. The first-order valence-electron chi connectivity index (χ1n) is 4.25. The fourth-order valence-corrected chi connectivity index (χ4v) is 1.31. The highest BCUT2D eigenvalue weighted by Crippen LogP contribution is 2.36. The van der Waals surface area contributed by atoms with Gasteiger partial charge in [-0.25, -0.2) is 8.78 Å². The average Bonchev–Trinajstić information content (AvgIpc) is 2.25. The number of aldehydes is 2. The van der Waals surface area contributed by atoms with E-state index in [0.29, 0.717) is 12.1 Å². The second kappa shape index (κ2) is 4.60. The zero-order valence-electron chi connectivity index (χ0n) is 8.09. The zero-order valence-corrected chi connectivity index (χ0v) is 8.09. The first-order valence-corrected chi connectivity index (χ1v) is 4.25. The van der Waals surface area contributed by atoms with Crippen molar-refractivity contribution in [2.75, 3.05) is 0 Å². The van der Waals surface area contributed by atoms with Crippen LogP contribution in [0.1, 0.15) is 38.3 Å². The molecule has 0 aliphatic carbocycles. The lowest BCUT2D eigenvalue weighted by molar-refractivity contribution is -0.138. The molecule has 0 bridgehead atoms. The highest BCUT2D eigenvalue weighted by Gasteiger charge is 2.36. The topological polar surface area (TPSA) is 34.1 Å². The van der Waals surface area contributed by atoms with Gasteiger partial charge in [0.15, 0.2) is 6.29 Å². The number of hydrogen-bond acceptors (Lipinski definition) is 2. The second-order valence-electron chi connectivity index (χ2n) is 3.11. The van der Waals surface area contributed by atoms with Gasteiger partial charge in [-0.1, -0.05) is 0 Å². The number of rotatable bonds is 3. The first-order chi connectivity index (χ1) is 7.81. The van der Waals surface area contributed by atoms with Crippen molar-refractivity contribution in [3.8, 4) is 0 Å². The maximum atomic E-state index is 12.5. The fourth-order valence-electron chi connectivity index (χ4n) is 1.31. The van der Waals surface area contributed by atoms with Gasteiger partial charge in [0.05, 0.1) is 5.56 Å². The summed E-state index contributed by atoms with van der Waals surface area (Å²) in [6.45, 7) is 0. The Hall–Kier alpha value is -1.79. The van der Waals surface area contributed by atoms with Crippen molar-refractivity contribution in [1.82, 2.24) is 0 Å². The van der Waals surface area contributed by atoms with Gasteiger partial charge < -0.3 is 0 Å². The van der Waals surface area contributed by atoms with Gasteiger partial charge in [0, 0.05) is 16.7 Å². The molecular formula is C10H5F5O2. The maximum Gasteiger partial charge on any atom is 0.417 e. The highest BCUT2D eigenvalue weighted by atomic mass is 19.4. The van der Waals surface area contributed by atoms with E-state index in [2.05, 4.69) is 0 Å². The first kappa shape index (κ1) is 13.3. The van der Waals surface area contributed by atoms with Gasteiger partial charge >= 0.3 is 6.18 Å². The van der Waals surface area contributed by atoms with Crippen LogP contribution in [0.25, 0.3) is 0 Å². The van der Waals surface area contributed by atoms with Crippen molar-refractivity contribution in [3.05, 3.63) is 34.4 Å². The van der Waals surface area contributed by atoms with Crippen molar-refractivity contribution < 1.29 is 31.5 Å². The predicted molar refractivity (Wildman–Crippen MR) is 47.2 cm³/mol. The third-order valence-corrected chi connectivity index (χ3v) is 2.03. The largest absolute Gasteiger partial charge is 0.417 e. The Morgan fingerprint density at radius 1 is 1.06 bits per heavy atom. The van der Waals surface area contributed by atoms with E-state index >= 15 is 0 Å². The molecule has 0 radical (unpaired) electrons. The average molecular weight is 252 g/mol. The Bertz CT molecular complexity index is 451. The summed E-state index contributed by atoms with van der Waals surface area (Å²) in [7, 11) is 0. The van der Waals surface area contributed by atoms with Gasteiger partial charge in [-0.15, -0.1) is 0 Å². The number of benzene rings is 1. The molecule has 0 saturated carbocycles. The monoisotopic (exact) mass is 252 g/mol. The van der Waals surface area contributed by atoms with E-state index in [-0.39, 0.29) is 12.6 Å². The molecule has 1 aromatic rings. The number of hydrogen-bond donors (Lipinski definition) is 0. The lowest BCUT2D eigenvalue weighted by Gasteiger charge is -2.13. The van der Waals surface area contributed by atoms with Gasteiger partial charge in [0.1, 0.15) is 6.29 Å². The van der Waals surface area contributed by atoms with Crippen molar-refractivity contribution in [2.45, 2.75) is 12.6 Å². The Balaban J connectivity index is 3.62. The number of halogens is 5. The molecular weight excluding hydrogens is 247 g/mol. The fraction of sp³-hybridized carbons (Fsp3) is 0.200. The van der Waals surface area contributed by atoms with Crippen LogP contribution >= 0.6 is 0 Å². The van der Waals surface area contributed by atoms with Crippen molar-refractivity contribution in [2.24, 2.45) is 0 Å². The Morgan fingerprint density at radius 3 is 2.00 bits per heavy atom. The summed E-state index contributed by atoms with van der Waals surface area (Å²) in [6, 6.07) is 0.930. The van der Waals surface area contributed by atoms with Crippen LogP contribution in [0, 0.1) is 0 Å². The standard InChI is InChI=1S/C10H5F5O2/c11-9(12)6-1-5(3-16)2-8(7(6)4-17)10(13,14)15/h1-4,9H. The smallest absolute Gasteiger partial charge is 0.298 e. The van der Waals surface area contributed by atoms with Crippen LogP contribution in [-0.2, 0) is 6.18 Å². The van der Waals surface area contributed by atoms with E-state index in [0.717, 1.165) is 0 Å². The van der Waals surface area contributed by atoms with Gasteiger partial charge in [-0.05, 0) is 12.1 Å². The van der Waals surface area contributed by atoms with Crippen LogP contribution in [0.4, 0.5) is 22.0 Å². The van der Waals surface area contributed by atoms with Gasteiger partial charge in [-0.2, -0.15) is 13.2 Å². The number of alkyl halides is 5. The summed E-state index contributed by atoms with van der Waals surface area (Å²) in [5.74, 6) is 0. The Kier molecular flexibility index (Phi) is 3.59. The summed E-state index contributed by atoms with van der Waals surface area (Å²) in [4.78, 5) is 20.8. The van der Waals surface area contributed by atoms with Crippen LogP contribution in [0.15, 0.2) is 12.1 Å². The maximum absolute atomic E-state index is 12.5. The van der Waals surface area contributed by atoms with E-state index < -0.39 is 34.9 Å². The second-order valence-corrected chi connectivity index (χ2v) is 3.11. The molecule has 0 saturated heterocycles. The van der Waals surface area contributed by atoms with E-state index in [9.17, 15) is 31.5 Å². The van der Waals surface area contributed by atoms with E-state index in [1.165, 1.54) is 0 Å². The summed E-state index contributed by atoms with van der Waals surface area (Å²) >= 11 is 0. The molecule has 0 heterocycles. The van der Waals surface area contributed by atoms with Crippen LogP contribution in [-0.4, -0.2) is 12.6 Å². The molecule has 0 amide bonds. The summed E-state index contributed by atoms with van der Waals surface area (Å²) in [5, 5.41) is 0. The van der Waals surface area contributed by atoms with Crippen LogP contribution in [0.2, 0.25) is 0 Å². The molecule has 0 fully saturated rings. The Labute approximate surface area is 92.0 Å². The van der Waals surface area contributed by atoms with Crippen molar-refractivity contribution in [3.63, 3.8) is 0 Å². The molecule has 1 aromatic carbocycles. The molecule has 0 spiro atoms. The lowest BCUT2D eigenvalue weighted by Crippen LogP contribution is -2.12. The summed E-state index contributed by atoms with van der Waals surface area (Å²) in [6.07, 6.45) is -8.52. The van der Waals surface area contributed by atoms with Gasteiger partial charge in [0.2, 0.25) is 0 Å². The van der Waals surface area contributed by atoms with Crippen LogP contribution < -0.4 is 0 Å². The SMILES string of the molecule is O=Cc1cc(C(F)F)c(C=O)c(C(F)(F)F)c1. The minimum Gasteiger partial charge on any atom is -0.298 e. The van der Waals surface area contributed by atoms with E-state index in [1.54, 1.807) is 0 Å². The summed E-state index contributed by atoms with van der Waals surface area (Å²) in [5.41, 5.74) is -4.33. The molecule has 1 rings (SSSR count). The minimum atomic E-state index is -4.97. The number of carbonyl (C=O) groups excluding carboxylic acids is 2. The third kappa shape index (κ3) is 2.66. The van der Waals surface area contributed by atoms with Gasteiger partial charge in [0.25, 0.3) is 6.43 Å². The highest BCUT2D eigenvalue weighted by molar-refractivity contribution is 5.84. The molecule has 17 heavy (non-hydrogen) atoms. The molecule has 0 aliphatic rings. The molecule has 0 aliphatic heterocycles. The van der Waals surface area contributed by atoms with Crippen LogP contribution in [0.3, 0.4) is 0 Å². The molecule has 0 N–H and O–H groups in total. The Morgan fingerprint density at radius 2 is 1.65 bits per heavy atom. The number of carbonyl (C=O) groups is 2. The molecule has 0 aromatic heterocycles. The quantitative estimate of drug-likeness (QED) is 0.611. The van der Waals surface area contributed by atoms with Crippen molar-refractivity contribution in [1.29, 1.82) is 0 Å².